The maximum Gasteiger partial charge on any atom is 0.129 e. The minimum atomic E-state index is 0.877. The molecule has 0 fully saturated rings. The molecular weight excluding hydrogens is 232 g/mol. The van der Waals surface area contributed by atoms with Gasteiger partial charge in [-0.15, -0.1) is 11.3 Å². The standard InChI is InChI=1S/C13H16N2OS/c1-14-8-7-10-9-15-13(17-10)11-5-3-4-6-12(11)16-2/h3-6,9,14H,7-8H2,1-2H3. The molecule has 0 saturated heterocycles. The van der Waals surface area contributed by atoms with Crippen LogP contribution in [0.25, 0.3) is 10.6 Å². The van der Waals surface area contributed by atoms with Crippen molar-refractivity contribution in [2.75, 3.05) is 20.7 Å². The predicted octanol–water partition coefficient (Wildman–Crippen LogP) is 2.58. The number of nitrogens with one attached hydrogen (secondary N) is 1. The fraction of sp³-hybridized carbons (Fsp3) is 0.308. The normalized spacial score (nSPS) is 10.5. The maximum atomic E-state index is 5.34. The van der Waals surface area contributed by atoms with Gasteiger partial charge in [0.25, 0.3) is 0 Å². The van der Waals surface area contributed by atoms with Crippen LogP contribution in [0.4, 0.5) is 0 Å². The highest BCUT2D eigenvalue weighted by Crippen LogP contribution is 2.32. The molecule has 0 amide bonds. The van der Waals surface area contributed by atoms with Crippen LogP contribution in [-0.2, 0) is 6.42 Å². The highest BCUT2D eigenvalue weighted by atomic mass is 32.1. The lowest BCUT2D eigenvalue weighted by molar-refractivity contribution is 0.416. The van der Waals surface area contributed by atoms with Crippen LogP contribution in [0, 0.1) is 0 Å². The maximum absolute atomic E-state index is 5.34. The lowest BCUT2D eigenvalue weighted by atomic mass is 10.2. The van der Waals surface area contributed by atoms with Gasteiger partial charge < -0.3 is 10.1 Å². The monoisotopic (exact) mass is 248 g/mol. The molecule has 1 aromatic heterocycles. The number of aromatic nitrogens is 1. The van der Waals surface area contributed by atoms with Crippen molar-refractivity contribution in [2.45, 2.75) is 6.42 Å². The van der Waals surface area contributed by atoms with Crippen LogP contribution in [0.5, 0.6) is 5.75 Å². The fourth-order valence-electron chi connectivity index (χ4n) is 1.62. The van der Waals surface area contributed by atoms with Crippen LogP contribution in [0.3, 0.4) is 0 Å². The molecule has 0 bridgehead atoms. The van der Waals surface area contributed by atoms with Gasteiger partial charge in [0, 0.05) is 11.1 Å². The van der Waals surface area contributed by atoms with Crippen molar-refractivity contribution >= 4 is 11.3 Å². The van der Waals surface area contributed by atoms with Gasteiger partial charge in [-0.1, -0.05) is 12.1 Å². The third-order valence-electron chi connectivity index (χ3n) is 2.51. The van der Waals surface area contributed by atoms with Crippen molar-refractivity contribution in [1.29, 1.82) is 0 Å². The van der Waals surface area contributed by atoms with Gasteiger partial charge in [-0.2, -0.15) is 0 Å². The van der Waals surface area contributed by atoms with Gasteiger partial charge in [0.2, 0.25) is 0 Å². The van der Waals surface area contributed by atoms with E-state index in [4.69, 9.17) is 4.74 Å². The van der Waals surface area contributed by atoms with Gasteiger partial charge in [-0.05, 0) is 32.1 Å². The largest absolute Gasteiger partial charge is 0.496 e. The molecule has 0 unspecified atom stereocenters. The molecule has 17 heavy (non-hydrogen) atoms. The lowest BCUT2D eigenvalue weighted by Gasteiger charge is -2.04. The van der Waals surface area contributed by atoms with Crippen LogP contribution in [-0.4, -0.2) is 25.7 Å². The second-order valence-corrected chi connectivity index (χ2v) is 4.80. The van der Waals surface area contributed by atoms with E-state index in [9.17, 15) is 0 Å². The van der Waals surface area contributed by atoms with E-state index in [1.54, 1.807) is 18.4 Å². The second kappa shape index (κ2) is 5.80. The molecule has 0 aliphatic carbocycles. The summed E-state index contributed by atoms with van der Waals surface area (Å²) in [5.74, 6) is 0.877. The van der Waals surface area contributed by atoms with Gasteiger partial charge in [0.05, 0.1) is 12.7 Å². The van der Waals surface area contributed by atoms with Crippen molar-refractivity contribution in [2.24, 2.45) is 0 Å². The zero-order valence-corrected chi connectivity index (χ0v) is 10.9. The Hall–Kier alpha value is -1.39. The molecule has 0 aliphatic heterocycles. The van der Waals surface area contributed by atoms with Crippen LogP contribution in [0.2, 0.25) is 0 Å². The summed E-state index contributed by atoms with van der Waals surface area (Å²) in [5, 5.41) is 4.16. The number of hydrogen-bond acceptors (Lipinski definition) is 4. The molecule has 0 saturated carbocycles. The summed E-state index contributed by atoms with van der Waals surface area (Å²) >= 11 is 1.72. The Morgan fingerprint density at radius 2 is 2.18 bits per heavy atom. The summed E-state index contributed by atoms with van der Waals surface area (Å²) in [4.78, 5) is 5.75. The quantitative estimate of drug-likeness (QED) is 0.883. The molecule has 2 aromatic rings. The Morgan fingerprint density at radius 1 is 1.35 bits per heavy atom. The minimum Gasteiger partial charge on any atom is -0.496 e. The summed E-state index contributed by atoms with van der Waals surface area (Å²) in [5.41, 5.74) is 1.07. The zero-order chi connectivity index (χ0) is 12.1. The van der Waals surface area contributed by atoms with Gasteiger partial charge in [0.15, 0.2) is 0 Å². The van der Waals surface area contributed by atoms with E-state index >= 15 is 0 Å². The number of benzene rings is 1. The van der Waals surface area contributed by atoms with Crippen molar-refractivity contribution in [3.8, 4) is 16.3 Å². The number of thiazole rings is 1. The zero-order valence-electron chi connectivity index (χ0n) is 10.1. The lowest BCUT2D eigenvalue weighted by Crippen LogP contribution is -2.09. The Morgan fingerprint density at radius 3 is 2.94 bits per heavy atom. The Labute approximate surface area is 105 Å². The van der Waals surface area contributed by atoms with Gasteiger partial charge >= 0.3 is 0 Å². The van der Waals surface area contributed by atoms with Crippen LogP contribution in [0.15, 0.2) is 30.5 Å². The van der Waals surface area contributed by atoms with Crippen molar-refractivity contribution in [3.05, 3.63) is 35.3 Å². The number of methoxy groups -OCH3 is 1. The molecule has 2 rings (SSSR count). The van der Waals surface area contributed by atoms with Crippen LogP contribution >= 0.6 is 11.3 Å². The summed E-state index contributed by atoms with van der Waals surface area (Å²) in [6, 6.07) is 7.98. The number of hydrogen-bond donors (Lipinski definition) is 1. The van der Waals surface area contributed by atoms with Crippen LogP contribution < -0.4 is 10.1 Å². The number of likely N-dealkylation sites (N-methyl/N-ethyl adjacent to an activating group) is 1. The molecule has 0 spiro atoms. The average Bonchev–Trinajstić information content (AvgIpc) is 2.85. The third kappa shape index (κ3) is 2.84. The molecule has 0 aliphatic rings. The van der Waals surface area contributed by atoms with E-state index < -0.39 is 0 Å². The van der Waals surface area contributed by atoms with Crippen molar-refractivity contribution in [3.63, 3.8) is 0 Å². The van der Waals surface area contributed by atoms with E-state index in [1.165, 1.54) is 4.88 Å². The van der Waals surface area contributed by atoms with Gasteiger partial charge in [-0.3, -0.25) is 0 Å². The molecule has 1 heterocycles. The number of para-hydroxylation sites is 1. The molecule has 1 N–H and O–H groups in total. The van der Waals surface area contributed by atoms with E-state index in [0.29, 0.717) is 0 Å². The SMILES string of the molecule is CNCCc1cnc(-c2ccccc2OC)s1. The molecule has 3 nitrogen and oxygen atoms in total. The molecule has 1 aromatic carbocycles. The smallest absolute Gasteiger partial charge is 0.129 e. The van der Waals surface area contributed by atoms with E-state index in [0.717, 1.165) is 29.3 Å². The van der Waals surface area contributed by atoms with Crippen molar-refractivity contribution < 1.29 is 4.74 Å². The summed E-state index contributed by atoms with van der Waals surface area (Å²) < 4.78 is 5.34. The fourth-order valence-corrected chi connectivity index (χ4v) is 2.56. The summed E-state index contributed by atoms with van der Waals surface area (Å²) in [6.07, 6.45) is 2.97. The second-order valence-electron chi connectivity index (χ2n) is 3.69. The third-order valence-corrected chi connectivity index (χ3v) is 3.60. The van der Waals surface area contributed by atoms with Crippen molar-refractivity contribution in [1.82, 2.24) is 10.3 Å². The Balaban J connectivity index is 2.24. The molecule has 0 atom stereocenters. The first-order valence-corrected chi connectivity index (χ1v) is 6.39. The van der Waals surface area contributed by atoms with Gasteiger partial charge in [-0.25, -0.2) is 4.98 Å². The number of rotatable bonds is 5. The first kappa shape index (κ1) is 12.1. The Kier molecular flexibility index (Phi) is 4.12. The number of nitrogens with zero attached hydrogens (tertiary/aromatic N) is 1. The molecule has 4 heteroatoms. The highest BCUT2D eigenvalue weighted by Gasteiger charge is 2.09. The first-order chi connectivity index (χ1) is 8.35. The van der Waals surface area contributed by atoms with Gasteiger partial charge in [0.1, 0.15) is 10.8 Å². The Bertz CT molecular complexity index is 482. The number of ether oxygens (including phenoxy) is 1. The summed E-state index contributed by atoms with van der Waals surface area (Å²) in [7, 11) is 3.65. The van der Waals surface area contributed by atoms with E-state index in [1.807, 2.05) is 37.5 Å². The topological polar surface area (TPSA) is 34.2 Å². The van der Waals surface area contributed by atoms with Crippen LogP contribution in [0.1, 0.15) is 4.88 Å². The molecular formula is C13H16N2OS. The van der Waals surface area contributed by atoms with E-state index in [2.05, 4.69) is 10.3 Å². The summed E-state index contributed by atoms with van der Waals surface area (Å²) in [6.45, 7) is 0.980. The first-order valence-electron chi connectivity index (χ1n) is 5.58. The predicted molar refractivity (Wildman–Crippen MR) is 71.7 cm³/mol. The average molecular weight is 248 g/mol. The van der Waals surface area contributed by atoms with E-state index in [-0.39, 0.29) is 0 Å². The minimum absolute atomic E-state index is 0.877. The molecule has 0 radical (unpaired) electrons. The molecule has 90 valence electrons. The highest BCUT2D eigenvalue weighted by molar-refractivity contribution is 7.15.